The van der Waals surface area contributed by atoms with Crippen LogP contribution in [-0.4, -0.2) is 35.9 Å². The van der Waals surface area contributed by atoms with Crippen LogP contribution in [0.2, 0.25) is 5.02 Å². The molecular weight excluding hydrogens is 390 g/mol. The van der Waals surface area contributed by atoms with E-state index in [4.69, 9.17) is 16.3 Å². The van der Waals surface area contributed by atoms with Gasteiger partial charge in [-0.15, -0.1) is 0 Å². The van der Waals surface area contributed by atoms with E-state index in [1.807, 2.05) is 6.92 Å². The van der Waals surface area contributed by atoms with Crippen molar-refractivity contribution in [3.05, 3.63) is 68.7 Å². The molecule has 0 spiro atoms. The number of carbonyl (C=O) groups excluding carboxylic acids is 3. The van der Waals surface area contributed by atoms with E-state index < -0.39 is 35.9 Å². The van der Waals surface area contributed by atoms with Gasteiger partial charge in [0.2, 0.25) is 0 Å². The van der Waals surface area contributed by atoms with Crippen molar-refractivity contribution < 1.29 is 24.0 Å². The molecule has 146 valence electrons. The van der Waals surface area contributed by atoms with Crippen molar-refractivity contribution in [2.24, 2.45) is 0 Å². The molecule has 0 heterocycles. The normalized spacial score (nSPS) is 10.1. The van der Waals surface area contributed by atoms with Gasteiger partial charge in [-0.1, -0.05) is 23.7 Å². The predicted molar refractivity (Wildman–Crippen MR) is 101 cm³/mol. The Kier molecular flexibility index (Phi) is 7.05. The fraction of sp³-hybridized carbons (Fsp3) is 0.167. The van der Waals surface area contributed by atoms with Gasteiger partial charge >= 0.3 is 5.97 Å². The van der Waals surface area contributed by atoms with Crippen molar-refractivity contribution in [1.82, 2.24) is 5.32 Å². The molecule has 28 heavy (non-hydrogen) atoms. The van der Waals surface area contributed by atoms with Gasteiger partial charge in [-0.05, 0) is 30.7 Å². The Bertz CT molecular complexity index is 931. The van der Waals surface area contributed by atoms with Crippen LogP contribution in [0.1, 0.15) is 15.9 Å². The minimum Gasteiger partial charge on any atom is -0.454 e. The molecule has 0 aromatic heterocycles. The van der Waals surface area contributed by atoms with Crippen LogP contribution in [0.25, 0.3) is 0 Å². The molecule has 2 N–H and O–H groups in total. The fourth-order valence-corrected chi connectivity index (χ4v) is 2.40. The number of nitrogens with one attached hydrogen (secondary N) is 2. The number of benzene rings is 2. The number of amides is 2. The van der Waals surface area contributed by atoms with E-state index in [0.717, 1.165) is 11.6 Å². The van der Waals surface area contributed by atoms with Crippen LogP contribution in [0.4, 0.5) is 11.4 Å². The average Bonchev–Trinajstić information content (AvgIpc) is 2.66. The van der Waals surface area contributed by atoms with Gasteiger partial charge in [0.05, 0.1) is 15.6 Å². The number of nitrogens with zero attached hydrogens (tertiary/aromatic N) is 1. The van der Waals surface area contributed by atoms with E-state index in [0.29, 0.717) is 10.7 Å². The third-order valence-electron chi connectivity index (χ3n) is 3.48. The van der Waals surface area contributed by atoms with E-state index in [1.54, 1.807) is 18.2 Å². The lowest BCUT2D eigenvalue weighted by Crippen LogP contribution is -2.32. The van der Waals surface area contributed by atoms with Crippen LogP contribution >= 0.6 is 11.6 Å². The number of ether oxygens (including phenoxy) is 1. The highest BCUT2D eigenvalue weighted by molar-refractivity contribution is 6.33. The number of rotatable bonds is 7. The molecule has 2 rings (SSSR count). The highest BCUT2D eigenvalue weighted by Gasteiger charge is 2.14. The van der Waals surface area contributed by atoms with Crippen molar-refractivity contribution in [1.29, 1.82) is 0 Å². The fourth-order valence-electron chi connectivity index (χ4n) is 2.12. The zero-order valence-corrected chi connectivity index (χ0v) is 15.5. The topological polar surface area (TPSA) is 128 Å². The van der Waals surface area contributed by atoms with E-state index in [-0.39, 0.29) is 11.3 Å². The van der Waals surface area contributed by atoms with Crippen LogP contribution in [0.5, 0.6) is 0 Å². The second-order valence-electron chi connectivity index (χ2n) is 5.68. The SMILES string of the molecule is Cc1ccc(NC(=O)COC(=O)CNC(=O)c2cccc([N+](=O)[O-])c2)c(Cl)c1. The number of hydrogen-bond donors (Lipinski definition) is 2. The van der Waals surface area contributed by atoms with Crippen molar-refractivity contribution in [3.63, 3.8) is 0 Å². The molecule has 0 aliphatic heterocycles. The molecule has 0 bridgehead atoms. The Morgan fingerprint density at radius 2 is 1.93 bits per heavy atom. The smallest absolute Gasteiger partial charge is 0.325 e. The molecule has 0 radical (unpaired) electrons. The number of anilines is 1. The van der Waals surface area contributed by atoms with Gasteiger partial charge in [-0.3, -0.25) is 24.5 Å². The molecule has 0 atom stereocenters. The van der Waals surface area contributed by atoms with Gasteiger partial charge < -0.3 is 15.4 Å². The number of non-ortho nitro benzene ring substituents is 1. The maximum atomic E-state index is 11.9. The van der Waals surface area contributed by atoms with Gasteiger partial charge in [-0.25, -0.2) is 0 Å². The second kappa shape index (κ2) is 9.47. The number of nitro groups is 1. The van der Waals surface area contributed by atoms with Crippen LogP contribution in [-0.2, 0) is 14.3 Å². The molecule has 10 heteroatoms. The summed E-state index contributed by atoms with van der Waals surface area (Å²) in [7, 11) is 0. The van der Waals surface area contributed by atoms with Gasteiger partial charge in [0.25, 0.3) is 17.5 Å². The van der Waals surface area contributed by atoms with Crippen molar-refractivity contribution in [2.75, 3.05) is 18.5 Å². The Morgan fingerprint density at radius 3 is 2.61 bits per heavy atom. The Balaban J connectivity index is 1.79. The lowest BCUT2D eigenvalue weighted by atomic mass is 10.2. The number of esters is 1. The monoisotopic (exact) mass is 405 g/mol. The summed E-state index contributed by atoms with van der Waals surface area (Å²) in [5, 5.41) is 15.8. The Labute approximate surface area is 164 Å². The molecule has 0 aliphatic rings. The number of halogens is 1. The highest BCUT2D eigenvalue weighted by atomic mass is 35.5. The van der Waals surface area contributed by atoms with Gasteiger partial charge in [0.1, 0.15) is 6.54 Å². The van der Waals surface area contributed by atoms with Crippen LogP contribution in [0.3, 0.4) is 0 Å². The summed E-state index contributed by atoms with van der Waals surface area (Å²) >= 11 is 6.00. The van der Waals surface area contributed by atoms with Gasteiger partial charge in [0, 0.05) is 17.7 Å². The minimum absolute atomic E-state index is 0.0220. The van der Waals surface area contributed by atoms with Gasteiger partial charge in [0.15, 0.2) is 6.61 Å². The molecule has 2 amide bonds. The van der Waals surface area contributed by atoms with E-state index in [2.05, 4.69) is 10.6 Å². The maximum absolute atomic E-state index is 11.9. The first-order valence-corrected chi connectivity index (χ1v) is 8.38. The van der Waals surface area contributed by atoms with Crippen LogP contribution in [0.15, 0.2) is 42.5 Å². The van der Waals surface area contributed by atoms with E-state index in [1.165, 1.54) is 18.2 Å². The number of nitro benzene ring substituents is 1. The molecule has 0 saturated carbocycles. The summed E-state index contributed by atoms with van der Waals surface area (Å²) in [6.45, 7) is 0.789. The second-order valence-corrected chi connectivity index (χ2v) is 6.09. The first-order valence-electron chi connectivity index (χ1n) is 8.00. The zero-order valence-electron chi connectivity index (χ0n) is 14.7. The number of carbonyl (C=O) groups is 3. The maximum Gasteiger partial charge on any atom is 0.325 e. The Hall–Kier alpha value is -3.46. The zero-order chi connectivity index (χ0) is 20.7. The lowest BCUT2D eigenvalue weighted by molar-refractivity contribution is -0.384. The molecule has 0 unspecified atom stereocenters. The third-order valence-corrected chi connectivity index (χ3v) is 3.79. The molecule has 0 aliphatic carbocycles. The van der Waals surface area contributed by atoms with Crippen molar-refractivity contribution >= 4 is 40.8 Å². The quantitative estimate of drug-likeness (QED) is 0.413. The molecule has 2 aromatic rings. The predicted octanol–water partition coefficient (Wildman–Crippen LogP) is 2.47. The molecule has 9 nitrogen and oxygen atoms in total. The first-order chi connectivity index (χ1) is 13.3. The lowest BCUT2D eigenvalue weighted by Gasteiger charge is -2.09. The number of aryl methyl sites for hydroxylation is 1. The minimum atomic E-state index is -0.844. The molecule has 0 saturated heterocycles. The van der Waals surface area contributed by atoms with Crippen LogP contribution in [0, 0.1) is 17.0 Å². The average molecular weight is 406 g/mol. The first kappa shape index (κ1) is 20.8. The largest absolute Gasteiger partial charge is 0.454 e. The van der Waals surface area contributed by atoms with E-state index in [9.17, 15) is 24.5 Å². The summed E-state index contributed by atoms with van der Waals surface area (Å²) in [4.78, 5) is 45.5. The summed E-state index contributed by atoms with van der Waals surface area (Å²) in [5.41, 5.74) is 1.08. The summed E-state index contributed by atoms with van der Waals surface area (Å²) in [6, 6.07) is 10.1. The molecular formula is C18H16ClN3O6. The molecule has 2 aromatic carbocycles. The summed E-state index contributed by atoms with van der Waals surface area (Å²) < 4.78 is 4.77. The van der Waals surface area contributed by atoms with E-state index >= 15 is 0 Å². The van der Waals surface area contributed by atoms with Gasteiger partial charge in [-0.2, -0.15) is 0 Å². The standard InChI is InChI=1S/C18H16ClN3O6/c1-11-5-6-15(14(19)7-11)21-16(23)10-28-17(24)9-20-18(25)12-3-2-4-13(8-12)22(26)27/h2-8H,9-10H2,1H3,(H,20,25)(H,21,23). The van der Waals surface area contributed by atoms with Crippen molar-refractivity contribution in [2.45, 2.75) is 6.92 Å². The third kappa shape index (κ3) is 6.06. The summed E-state index contributed by atoms with van der Waals surface area (Å²) in [6.07, 6.45) is 0. The van der Waals surface area contributed by atoms with Crippen molar-refractivity contribution in [3.8, 4) is 0 Å². The Morgan fingerprint density at radius 1 is 1.18 bits per heavy atom. The summed E-state index contributed by atoms with van der Waals surface area (Å²) in [5.74, 6) is -2.12. The molecule has 0 fully saturated rings. The highest BCUT2D eigenvalue weighted by Crippen LogP contribution is 2.22. The number of hydrogen-bond acceptors (Lipinski definition) is 6. The van der Waals surface area contributed by atoms with Crippen LogP contribution < -0.4 is 10.6 Å².